The van der Waals surface area contributed by atoms with Gasteiger partial charge in [0.05, 0.1) is 12.4 Å². The third-order valence-corrected chi connectivity index (χ3v) is 2.32. The third kappa shape index (κ3) is 2.95. The quantitative estimate of drug-likeness (QED) is 0.656. The standard InChI is InChI=1S/C14H12N2O2/c17-13-7-3-1-5-11(13)9-15-16-10-12-6-2-4-8-14(12)18/h1-10,17-18H/p-1/b15-9-,16-10-. The van der Waals surface area contributed by atoms with Gasteiger partial charge < -0.3 is 10.2 Å². The van der Waals surface area contributed by atoms with Crippen LogP contribution in [0.5, 0.6) is 11.5 Å². The summed E-state index contributed by atoms with van der Waals surface area (Å²) in [6.07, 6.45) is 2.82. The molecule has 2 aromatic rings. The van der Waals surface area contributed by atoms with Crippen molar-refractivity contribution < 1.29 is 10.2 Å². The van der Waals surface area contributed by atoms with Crippen LogP contribution in [0.15, 0.2) is 58.7 Å². The average Bonchev–Trinajstić information content (AvgIpc) is 2.38. The van der Waals surface area contributed by atoms with E-state index >= 15 is 0 Å². The lowest BCUT2D eigenvalue weighted by atomic mass is 10.2. The van der Waals surface area contributed by atoms with E-state index in [9.17, 15) is 10.2 Å². The van der Waals surface area contributed by atoms with E-state index in [2.05, 4.69) is 10.2 Å². The number of rotatable bonds is 3. The van der Waals surface area contributed by atoms with E-state index in [1.165, 1.54) is 18.5 Å². The zero-order valence-corrected chi connectivity index (χ0v) is 9.52. The van der Waals surface area contributed by atoms with E-state index in [0.29, 0.717) is 11.1 Å². The highest BCUT2D eigenvalue weighted by molar-refractivity contribution is 5.85. The maximum atomic E-state index is 11.4. The first kappa shape index (κ1) is 11.9. The SMILES string of the molecule is [O-]c1ccccc1/C=N\N=C/c1ccccc1O. The molecule has 0 unspecified atom stereocenters. The molecule has 0 radical (unpaired) electrons. The number of hydrogen-bond donors (Lipinski definition) is 1. The molecule has 0 amide bonds. The van der Waals surface area contributed by atoms with Crippen LogP contribution < -0.4 is 5.11 Å². The Morgan fingerprint density at radius 2 is 1.39 bits per heavy atom. The monoisotopic (exact) mass is 239 g/mol. The molecule has 2 rings (SSSR count). The fourth-order valence-electron chi connectivity index (χ4n) is 1.37. The molecule has 1 N–H and O–H groups in total. The van der Waals surface area contributed by atoms with Gasteiger partial charge in [-0.1, -0.05) is 42.1 Å². The van der Waals surface area contributed by atoms with Gasteiger partial charge in [-0.25, -0.2) is 0 Å². The summed E-state index contributed by atoms with van der Waals surface area (Å²) >= 11 is 0. The number of phenolic OH excluding ortho intramolecular Hbond substituents is 1. The topological polar surface area (TPSA) is 68.0 Å². The summed E-state index contributed by atoms with van der Waals surface area (Å²) in [5, 5.41) is 28.4. The third-order valence-electron chi connectivity index (χ3n) is 2.32. The maximum Gasteiger partial charge on any atom is 0.124 e. The lowest BCUT2D eigenvalue weighted by Gasteiger charge is -2.06. The average molecular weight is 239 g/mol. The predicted molar refractivity (Wildman–Crippen MR) is 69.2 cm³/mol. The summed E-state index contributed by atoms with van der Waals surface area (Å²) in [5.74, 6) is 0.0414. The molecule has 0 aliphatic rings. The Labute approximate surface area is 105 Å². The molecule has 4 heteroatoms. The van der Waals surface area contributed by atoms with Gasteiger partial charge in [0.2, 0.25) is 0 Å². The molecule has 0 fully saturated rings. The zero-order valence-electron chi connectivity index (χ0n) is 9.52. The molecular weight excluding hydrogens is 228 g/mol. The van der Waals surface area contributed by atoms with Crippen molar-refractivity contribution in [2.75, 3.05) is 0 Å². The number of phenols is 1. The minimum absolute atomic E-state index is 0.0981. The minimum Gasteiger partial charge on any atom is -0.872 e. The van der Waals surface area contributed by atoms with Crippen molar-refractivity contribution in [1.82, 2.24) is 0 Å². The molecule has 0 bridgehead atoms. The van der Waals surface area contributed by atoms with Gasteiger partial charge in [-0.2, -0.15) is 10.2 Å². The van der Waals surface area contributed by atoms with Crippen LogP contribution in [0.3, 0.4) is 0 Å². The van der Waals surface area contributed by atoms with Crippen LogP contribution in [0, 0.1) is 0 Å². The fourth-order valence-corrected chi connectivity index (χ4v) is 1.37. The van der Waals surface area contributed by atoms with Crippen LogP contribution in [-0.2, 0) is 0 Å². The normalized spacial score (nSPS) is 11.3. The number of benzene rings is 2. The number of para-hydroxylation sites is 2. The van der Waals surface area contributed by atoms with Crippen molar-refractivity contribution in [1.29, 1.82) is 0 Å². The van der Waals surface area contributed by atoms with E-state index in [4.69, 9.17) is 0 Å². The van der Waals surface area contributed by atoms with Gasteiger partial charge in [-0.15, -0.1) is 0 Å². The molecule has 18 heavy (non-hydrogen) atoms. The van der Waals surface area contributed by atoms with Crippen molar-refractivity contribution in [2.45, 2.75) is 0 Å². The largest absolute Gasteiger partial charge is 0.872 e. The smallest absolute Gasteiger partial charge is 0.124 e. The van der Waals surface area contributed by atoms with Crippen LogP contribution in [0.25, 0.3) is 0 Å². The van der Waals surface area contributed by atoms with Gasteiger partial charge in [-0.05, 0) is 17.7 Å². The van der Waals surface area contributed by atoms with Gasteiger partial charge in [0.1, 0.15) is 5.75 Å². The number of aromatic hydroxyl groups is 1. The molecule has 90 valence electrons. The maximum absolute atomic E-state index is 11.4. The summed E-state index contributed by atoms with van der Waals surface area (Å²) in [6, 6.07) is 13.4. The molecule has 0 heterocycles. The molecule has 0 aliphatic heterocycles. The molecule has 0 atom stereocenters. The molecule has 0 aliphatic carbocycles. The van der Waals surface area contributed by atoms with Gasteiger partial charge in [0, 0.05) is 5.56 Å². The van der Waals surface area contributed by atoms with Crippen molar-refractivity contribution >= 4 is 12.4 Å². The van der Waals surface area contributed by atoms with Gasteiger partial charge in [-0.3, -0.25) is 0 Å². The number of nitrogens with zero attached hydrogens (tertiary/aromatic N) is 2. The highest BCUT2D eigenvalue weighted by Crippen LogP contribution is 2.13. The molecule has 4 nitrogen and oxygen atoms in total. The lowest BCUT2D eigenvalue weighted by Crippen LogP contribution is -1.94. The first-order valence-electron chi connectivity index (χ1n) is 5.38. The van der Waals surface area contributed by atoms with Gasteiger partial charge >= 0.3 is 0 Å². The Bertz CT molecular complexity index is 538. The lowest BCUT2D eigenvalue weighted by molar-refractivity contribution is -0.268. The Balaban J connectivity index is 2.08. The van der Waals surface area contributed by atoms with Gasteiger partial charge in [0.15, 0.2) is 0 Å². The van der Waals surface area contributed by atoms with Crippen molar-refractivity contribution in [2.24, 2.45) is 10.2 Å². The van der Waals surface area contributed by atoms with Gasteiger partial charge in [0.25, 0.3) is 0 Å². The van der Waals surface area contributed by atoms with Crippen LogP contribution in [0.2, 0.25) is 0 Å². The second-order valence-electron chi connectivity index (χ2n) is 3.59. The molecule has 0 saturated carbocycles. The summed E-state index contributed by atoms with van der Waals surface area (Å²) in [5.41, 5.74) is 1.05. The zero-order chi connectivity index (χ0) is 12.8. The van der Waals surface area contributed by atoms with E-state index in [-0.39, 0.29) is 11.5 Å². The minimum atomic E-state index is -0.0981. The Hall–Kier alpha value is -2.62. The second kappa shape index (κ2) is 5.63. The molecular formula is C14H11N2O2-. The molecule has 0 saturated heterocycles. The summed E-state index contributed by atoms with van der Waals surface area (Å²) < 4.78 is 0. The first-order chi connectivity index (χ1) is 8.77. The van der Waals surface area contributed by atoms with Crippen LogP contribution in [0.1, 0.15) is 11.1 Å². The predicted octanol–water partition coefficient (Wildman–Crippen LogP) is 1.92. The van der Waals surface area contributed by atoms with E-state index in [0.717, 1.165) is 0 Å². The summed E-state index contributed by atoms with van der Waals surface area (Å²) in [6.45, 7) is 0. The number of hydrogen-bond acceptors (Lipinski definition) is 4. The van der Waals surface area contributed by atoms with E-state index < -0.39 is 0 Å². The molecule has 2 aromatic carbocycles. The first-order valence-corrected chi connectivity index (χ1v) is 5.38. The van der Waals surface area contributed by atoms with Crippen molar-refractivity contribution in [3.63, 3.8) is 0 Å². The van der Waals surface area contributed by atoms with Crippen molar-refractivity contribution in [3.8, 4) is 11.5 Å². The summed E-state index contributed by atoms with van der Waals surface area (Å²) in [7, 11) is 0. The Morgan fingerprint density at radius 3 is 2.06 bits per heavy atom. The fraction of sp³-hybridized carbons (Fsp3) is 0. The molecule has 0 spiro atoms. The molecule has 0 aromatic heterocycles. The highest BCUT2D eigenvalue weighted by Gasteiger charge is 1.93. The highest BCUT2D eigenvalue weighted by atomic mass is 16.3. The second-order valence-corrected chi connectivity index (χ2v) is 3.59. The van der Waals surface area contributed by atoms with Crippen LogP contribution in [0.4, 0.5) is 0 Å². The van der Waals surface area contributed by atoms with Crippen LogP contribution in [-0.4, -0.2) is 17.5 Å². The van der Waals surface area contributed by atoms with E-state index in [1.807, 2.05) is 0 Å². The van der Waals surface area contributed by atoms with Crippen molar-refractivity contribution in [3.05, 3.63) is 59.7 Å². The Morgan fingerprint density at radius 1 is 0.833 bits per heavy atom. The van der Waals surface area contributed by atoms with Crippen LogP contribution >= 0.6 is 0 Å². The summed E-state index contributed by atoms with van der Waals surface area (Å²) in [4.78, 5) is 0. The van der Waals surface area contributed by atoms with E-state index in [1.54, 1.807) is 42.5 Å². The Kier molecular flexibility index (Phi) is 3.71.